The van der Waals surface area contributed by atoms with E-state index in [0.29, 0.717) is 0 Å². The summed E-state index contributed by atoms with van der Waals surface area (Å²) in [6.45, 7) is 10.5. The maximum absolute atomic E-state index is 5.89. The van der Waals surface area contributed by atoms with Crippen LogP contribution < -0.4 is 5.32 Å². The third kappa shape index (κ3) is 3.19. The lowest BCUT2D eigenvalue weighted by molar-refractivity contribution is 0.168. The molecule has 104 valence electrons. The van der Waals surface area contributed by atoms with Gasteiger partial charge < -0.3 is 10.1 Å². The van der Waals surface area contributed by atoms with Crippen molar-refractivity contribution in [3.63, 3.8) is 0 Å². The fourth-order valence-corrected chi connectivity index (χ4v) is 2.97. The number of aryl methyl sites for hydroxylation is 3. The number of allylic oxidation sites excluding steroid dienone is 1. The standard InChI is InChI=1S/C17H25NO/c1-5-18-17(15-8-6-7-9-19-15)16-13(3)10-12(2)11-14(16)4/h8,10-11,17-18H,5-7,9H2,1-4H3. The Balaban J connectivity index is 2.41. The van der Waals surface area contributed by atoms with E-state index in [0.717, 1.165) is 31.8 Å². The third-order valence-corrected chi connectivity index (χ3v) is 3.68. The lowest BCUT2D eigenvalue weighted by Gasteiger charge is -2.27. The van der Waals surface area contributed by atoms with E-state index in [2.05, 4.69) is 51.2 Å². The Morgan fingerprint density at radius 1 is 1.21 bits per heavy atom. The number of benzene rings is 1. The van der Waals surface area contributed by atoms with Crippen LogP contribution >= 0.6 is 0 Å². The average molecular weight is 259 g/mol. The van der Waals surface area contributed by atoms with Crippen LogP contribution in [0.15, 0.2) is 24.0 Å². The molecule has 1 heterocycles. The molecule has 1 aromatic rings. The van der Waals surface area contributed by atoms with E-state index in [1.165, 1.54) is 22.3 Å². The molecule has 0 aromatic heterocycles. The minimum absolute atomic E-state index is 0.200. The van der Waals surface area contributed by atoms with Crippen molar-refractivity contribution in [1.29, 1.82) is 0 Å². The van der Waals surface area contributed by atoms with Crippen LogP contribution in [0.25, 0.3) is 0 Å². The predicted molar refractivity (Wildman–Crippen MR) is 80.3 cm³/mol. The van der Waals surface area contributed by atoms with Crippen molar-refractivity contribution in [1.82, 2.24) is 5.32 Å². The maximum atomic E-state index is 5.89. The van der Waals surface area contributed by atoms with Crippen LogP contribution in [0.5, 0.6) is 0 Å². The van der Waals surface area contributed by atoms with Gasteiger partial charge in [0.05, 0.1) is 12.6 Å². The summed E-state index contributed by atoms with van der Waals surface area (Å²) in [4.78, 5) is 0. The Bertz CT molecular complexity index is 453. The van der Waals surface area contributed by atoms with E-state index < -0.39 is 0 Å². The second kappa shape index (κ2) is 6.25. The number of likely N-dealkylation sites (N-methyl/N-ethyl adjacent to an activating group) is 1. The van der Waals surface area contributed by atoms with E-state index in [1.807, 2.05) is 0 Å². The van der Waals surface area contributed by atoms with Crippen LogP contribution in [-0.2, 0) is 4.74 Å². The first-order valence-corrected chi connectivity index (χ1v) is 7.27. The second-order valence-corrected chi connectivity index (χ2v) is 5.40. The smallest absolute Gasteiger partial charge is 0.113 e. The van der Waals surface area contributed by atoms with E-state index in [1.54, 1.807) is 0 Å². The van der Waals surface area contributed by atoms with Gasteiger partial charge in [0.2, 0.25) is 0 Å². The van der Waals surface area contributed by atoms with E-state index in [4.69, 9.17) is 4.74 Å². The number of ether oxygens (including phenoxy) is 1. The van der Waals surface area contributed by atoms with Crippen molar-refractivity contribution in [2.75, 3.05) is 13.2 Å². The minimum atomic E-state index is 0.200. The summed E-state index contributed by atoms with van der Waals surface area (Å²) in [5.74, 6) is 1.10. The van der Waals surface area contributed by atoms with Gasteiger partial charge in [0.25, 0.3) is 0 Å². The molecule has 1 aliphatic rings. The molecule has 0 amide bonds. The molecule has 0 aliphatic carbocycles. The Labute approximate surface area is 116 Å². The van der Waals surface area contributed by atoms with Gasteiger partial charge in [0.1, 0.15) is 5.76 Å². The molecule has 1 aromatic carbocycles. The zero-order chi connectivity index (χ0) is 13.8. The van der Waals surface area contributed by atoms with Crippen molar-refractivity contribution in [3.8, 4) is 0 Å². The average Bonchev–Trinajstić information content (AvgIpc) is 2.37. The molecule has 2 heteroatoms. The molecular formula is C17H25NO. The highest BCUT2D eigenvalue weighted by Crippen LogP contribution is 2.31. The first-order chi connectivity index (χ1) is 9.13. The van der Waals surface area contributed by atoms with Gasteiger partial charge in [-0.25, -0.2) is 0 Å². The Hall–Kier alpha value is -1.28. The van der Waals surface area contributed by atoms with E-state index in [-0.39, 0.29) is 6.04 Å². The van der Waals surface area contributed by atoms with Gasteiger partial charge in [0.15, 0.2) is 0 Å². The van der Waals surface area contributed by atoms with Crippen molar-refractivity contribution in [3.05, 3.63) is 46.2 Å². The van der Waals surface area contributed by atoms with Gasteiger partial charge in [-0.1, -0.05) is 24.6 Å². The van der Waals surface area contributed by atoms with E-state index >= 15 is 0 Å². The maximum Gasteiger partial charge on any atom is 0.113 e. The number of hydrogen-bond acceptors (Lipinski definition) is 2. The summed E-state index contributed by atoms with van der Waals surface area (Å²) in [6.07, 6.45) is 4.50. The molecule has 1 atom stereocenters. The number of nitrogens with one attached hydrogen (secondary N) is 1. The van der Waals surface area contributed by atoms with Gasteiger partial charge in [-0.05, 0) is 62.9 Å². The van der Waals surface area contributed by atoms with Crippen LogP contribution in [0, 0.1) is 20.8 Å². The quantitative estimate of drug-likeness (QED) is 0.883. The van der Waals surface area contributed by atoms with Crippen LogP contribution in [0.3, 0.4) is 0 Å². The highest BCUT2D eigenvalue weighted by molar-refractivity contribution is 5.42. The zero-order valence-corrected chi connectivity index (χ0v) is 12.5. The summed E-state index contributed by atoms with van der Waals surface area (Å²) in [7, 11) is 0. The third-order valence-electron chi connectivity index (χ3n) is 3.68. The number of rotatable bonds is 4. The summed E-state index contributed by atoms with van der Waals surface area (Å²) >= 11 is 0. The summed E-state index contributed by atoms with van der Waals surface area (Å²) in [6, 6.07) is 4.72. The second-order valence-electron chi connectivity index (χ2n) is 5.40. The largest absolute Gasteiger partial charge is 0.496 e. The lowest BCUT2D eigenvalue weighted by Crippen LogP contribution is -2.26. The lowest BCUT2D eigenvalue weighted by atomic mass is 9.92. The first kappa shape index (κ1) is 14.1. The molecule has 0 radical (unpaired) electrons. The van der Waals surface area contributed by atoms with Crippen molar-refractivity contribution in [2.24, 2.45) is 0 Å². The Morgan fingerprint density at radius 3 is 2.42 bits per heavy atom. The SMILES string of the molecule is CCNC(C1=CCCCO1)c1c(C)cc(C)cc1C. The van der Waals surface area contributed by atoms with Gasteiger partial charge in [-0.2, -0.15) is 0 Å². The molecule has 0 bridgehead atoms. The Morgan fingerprint density at radius 2 is 1.89 bits per heavy atom. The first-order valence-electron chi connectivity index (χ1n) is 7.27. The summed E-state index contributed by atoms with van der Waals surface area (Å²) < 4.78 is 5.89. The molecule has 1 unspecified atom stereocenters. The van der Waals surface area contributed by atoms with Crippen molar-refractivity contribution < 1.29 is 4.74 Å². The van der Waals surface area contributed by atoms with Gasteiger partial charge in [-0.15, -0.1) is 0 Å². The summed E-state index contributed by atoms with van der Waals surface area (Å²) in [5, 5.41) is 3.58. The number of hydrogen-bond donors (Lipinski definition) is 1. The molecule has 19 heavy (non-hydrogen) atoms. The molecule has 0 fully saturated rings. The molecule has 0 saturated carbocycles. The van der Waals surface area contributed by atoms with Gasteiger partial charge in [-0.3, -0.25) is 0 Å². The van der Waals surface area contributed by atoms with Gasteiger partial charge >= 0.3 is 0 Å². The molecule has 0 saturated heterocycles. The fraction of sp³-hybridized carbons (Fsp3) is 0.529. The van der Waals surface area contributed by atoms with Crippen LogP contribution in [0.4, 0.5) is 0 Å². The minimum Gasteiger partial charge on any atom is -0.496 e. The highest BCUT2D eigenvalue weighted by atomic mass is 16.5. The molecule has 0 spiro atoms. The van der Waals surface area contributed by atoms with Crippen molar-refractivity contribution >= 4 is 0 Å². The molecule has 2 rings (SSSR count). The van der Waals surface area contributed by atoms with Crippen molar-refractivity contribution in [2.45, 2.75) is 46.6 Å². The van der Waals surface area contributed by atoms with Crippen LogP contribution in [0.2, 0.25) is 0 Å². The zero-order valence-electron chi connectivity index (χ0n) is 12.5. The summed E-state index contributed by atoms with van der Waals surface area (Å²) in [5.41, 5.74) is 5.39. The topological polar surface area (TPSA) is 21.3 Å². The molecule has 2 nitrogen and oxygen atoms in total. The monoisotopic (exact) mass is 259 g/mol. The highest BCUT2D eigenvalue weighted by Gasteiger charge is 2.22. The van der Waals surface area contributed by atoms with E-state index in [9.17, 15) is 0 Å². The normalized spacial score (nSPS) is 16.7. The fourth-order valence-electron chi connectivity index (χ4n) is 2.97. The molecular weight excluding hydrogens is 234 g/mol. The molecule has 1 N–H and O–H groups in total. The van der Waals surface area contributed by atoms with Gasteiger partial charge in [0, 0.05) is 0 Å². The van der Waals surface area contributed by atoms with Crippen LogP contribution in [-0.4, -0.2) is 13.2 Å². The van der Waals surface area contributed by atoms with Crippen LogP contribution in [0.1, 0.15) is 48.1 Å². The Kier molecular flexibility index (Phi) is 4.65. The predicted octanol–water partition coefficient (Wildman–Crippen LogP) is 3.96. The molecule has 1 aliphatic heterocycles.